The van der Waals surface area contributed by atoms with Crippen LogP contribution in [0.5, 0.6) is 0 Å². The second-order valence-electron chi connectivity index (χ2n) is 5.21. The van der Waals surface area contributed by atoms with Crippen LogP contribution < -0.4 is 5.73 Å². The van der Waals surface area contributed by atoms with E-state index < -0.39 is 0 Å². The fraction of sp³-hybridized carbons (Fsp3) is 0.333. The topological polar surface area (TPSA) is 64.9 Å². The van der Waals surface area contributed by atoms with Gasteiger partial charge in [-0.2, -0.15) is 4.98 Å². The molecule has 0 amide bonds. The first kappa shape index (κ1) is 14.8. The van der Waals surface area contributed by atoms with Crippen molar-refractivity contribution in [3.8, 4) is 0 Å². The Morgan fingerprint density at radius 1 is 1.30 bits per heavy atom. The van der Waals surface area contributed by atoms with Gasteiger partial charge in [0.1, 0.15) is 0 Å². The third kappa shape index (κ3) is 2.92. The van der Waals surface area contributed by atoms with E-state index in [1.54, 1.807) is 0 Å². The lowest BCUT2D eigenvalue weighted by atomic mass is 9.77. The minimum absolute atomic E-state index is 0. The zero-order valence-corrected chi connectivity index (χ0v) is 12.2. The van der Waals surface area contributed by atoms with E-state index in [1.165, 1.54) is 5.56 Å². The number of halogens is 1. The van der Waals surface area contributed by atoms with Crippen LogP contribution in [0.4, 0.5) is 0 Å². The van der Waals surface area contributed by atoms with E-state index >= 15 is 0 Å². The van der Waals surface area contributed by atoms with Gasteiger partial charge in [0.25, 0.3) is 5.89 Å². The van der Waals surface area contributed by atoms with Gasteiger partial charge in [0, 0.05) is 6.08 Å². The molecule has 0 bridgehead atoms. The Labute approximate surface area is 124 Å². The highest BCUT2D eigenvalue weighted by Gasteiger charge is 2.38. The molecule has 1 saturated carbocycles. The highest BCUT2D eigenvalue weighted by atomic mass is 35.5. The van der Waals surface area contributed by atoms with Crippen LogP contribution in [0.15, 0.2) is 28.8 Å². The SMILES string of the molecule is Cc1cccc(/C=C/c2nc(C3(N)CCC3)no2)c1.Cl. The lowest BCUT2D eigenvalue weighted by Gasteiger charge is -2.34. The molecule has 0 aliphatic heterocycles. The summed E-state index contributed by atoms with van der Waals surface area (Å²) >= 11 is 0. The summed E-state index contributed by atoms with van der Waals surface area (Å²) in [6, 6.07) is 8.23. The van der Waals surface area contributed by atoms with Gasteiger partial charge >= 0.3 is 0 Å². The number of aromatic nitrogens is 2. The van der Waals surface area contributed by atoms with Crippen molar-refractivity contribution in [1.29, 1.82) is 0 Å². The average molecular weight is 292 g/mol. The van der Waals surface area contributed by atoms with Crippen LogP contribution in [-0.2, 0) is 5.54 Å². The Morgan fingerprint density at radius 2 is 2.10 bits per heavy atom. The number of nitrogens with zero attached hydrogens (tertiary/aromatic N) is 2. The van der Waals surface area contributed by atoms with E-state index in [-0.39, 0.29) is 17.9 Å². The van der Waals surface area contributed by atoms with Crippen LogP contribution in [0.3, 0.4) is 0 Å². The van der Waals surface area contributed by atoms with Crippen LogP contribution in [0, 0.1) is 6.92 Å². The molecule has 2 N–H and O–H groups in total. The highest BCUT2D eigenvalue weighted by molar-refractivity contribution is 5.85. The van der Waals surface area contributed by atoms with Gasteiger partial charge in [-0.05, 0) is 37.8 Å². The van der Waals surface area contributed by atoms with E-state index in [2.05, 4.69) is 29.2 Å². The normalized spacial score (nSPS) is 16.7. The van der Waals surface area contributed by atoms with Gasteiger partial charge in [-0.1, -0.05) is 35.0 Å². The summed E-state index contributed by atoms with van der Waals surface area (Å²) in [7, 11) is 0. The molecule has 0 spiro atoms. The van der Waals surface area contributed by atoms with Gasteiger partial charge in [0.05, 0.1) is 5.54 Å². The summed E-state index contributed by atoms with van der Waals surface area (Å²) < 4.78 is 5.21. The van der Waals surface area contributed by atoms with Gasteiger partial charge in [-0.3, -0.25) is 0 Å². The lowest BCUT2D eigenvalue weighted by Crippen LogP contribution is -2.44. The van der Waals surface area contributed by atoms with Gasteiger partial charge < -0.3 is 10.3 Å². The second-order valence-corrected chi connectivity index (χ2v) is 5.21. The van der Waals surface area contributed by atoms with E-state index in [0.717, 1.165) is 24.8 Å². The molecule has 4 nitrogen and oxygen atoms in total. The van der Waals surface area contributed by atoms with Crippen LogP contribution in [-0.4, -0.2) is 10.1 Å². The molecule has 0 saturated heterocycles. The Morgan fingerprint density at radius 3 is 2.75 bits per heavy atom. The van der Waals surface area contributed by atoms with Crippen LogP contribution >= 0.6 is 12.4 Å². The Balaban J connectivity index is 0.00000147. The molecule has 1 heterocycles. The smallest absolute Gasteiger partial charge is 0.250 e. The first-order chi connectivity index (χ1) is 9.16. The van der Waals surface area contributed by atoms with E-state index in [4.69, 9.17) is 10.3 Å². The van der Waals surface area contributed by atoms with Crippen molar-refractivity contribution in [3.05, 3.63) is 47.1 Å². The molecule has 0 atom stereocenters. The first-order valence-corrected chi connectivity index (χ1v) is 6.54. The van der Waals surface area contributed by atoms with Crippen molar-refractivity contribution in [2.75, 3.05) is 0 Å². The molecule has 1 fully saturated rings. The van der Waals surface area contributed by atoms with Crippen molar-refractivity contribution in [2.45, 2.75) is 31.7 Å². The van der Waals surface area contributed by atoms with Crippen molar-refractivity contribution in [2.24, 2.45) is 5.73 Å². The number of nitrogens with two attached hydrogens (primary N) is 1. The summed E-state index contributed by atoms with van der Waals surface area (Å²) in [5.74, 6) is 1.14. The van der Waals surface area contributed by atoms with Gasteiger partial charge in [0.2, 0.25) is 0 Å². The molecule has 2 aromatic rings. The minimum Gasteiger partial charge on any atom is -0.335 e. The summed E-state index contributed by atoms with van der Waals surface area (Å²) in [5, 5.41) is 3.98. The maximum atomic E-state index is 6.16. The zero-order valence-electron chi connectivity index (χ0n) is 11.4. The molecule has 20 heavy (non-hydrogen) atoms. The second kappa shape index (κ2) is 5.77. The van der Waals surface area contributed by atoms with Crippen LogP contribution in [0.1, 0.15) is 42.1 Å². The fourth-order valence-corrected chi connectivity index (χ4v) is 2.23. The van der Waals surface area contributed by atoms with E-state index in [0.29, 0.717) is 11.7 Å². The summed E-state index contributed by atoms with van der Waals surface area (Å²) in [4.78, 5) is 4.35. The Hall–Kier alpha value is -1.65. The maximum absolute atomic E-state index is 6.16. The van der Waals surface area contributed by atoms with Crippen LogP contribution in [0.2, 0.25) is 0 Å². The summed E-state index contributed by atoms with van der Waals surface area (Å²) in [6.07, 6.45) is 6.81. The van der Waals surface area contributed by atoms with Gasteiger partial charge in [0.15, 0.2) is 5.82 Å². The van der Waals surface area contributed by atoms with E-state index in [1.807, 2.05) is 24.3 Å². The molecule has 1 aliphatic rings. The fourth-order valence-electron chi connectivity index (χ4n) is 2.23. The highest BCUT2D eigenvalue weighted by Crippen LogP contribution is 2.36. The molecule has 0 unspecified atom stereocenters. The van der Waals surface area contributed by atoms with Gasteiger partial charge in [-0.15, -0.1) is 12.4 Å². The standard InChI is InChI=1S/C15H17N3O.ClH/c1-11-4-2-5-12(10-11)6-7-13-17-14(18-19-13)15(16)8-3-9-15;/h2,4-7,10H,3,8-9,16H2,1H3;1H/b7-6+;. The molecule has 0 radical (unpaired) electrons. The van der Waals surface area contributed by atoms with Crippen molar-refractivity contribution >= 4 is 24.6 Å². The predicted octanol–water partition coefficient (Wildman–Crippen LogP) is 3.31. The summed E-state index contributed by atoms with van der Waals surface area (Å²) in [5.41, 5.74) is 8.14. The molecular formula is C15H18ClN3O. The predicted molar refractivity (Wildman–Crippen MR) is 81.4 cm³/mol. The monoisotopic (exact) mass is 291 g/mol. The first-order valence-electron chi connectivity index (χ1n) is 6.54. The van der Waals surface area contributed by atoms with E-state index in [9.17, 15) is 0 Å². The molecular weight excluding hydrogens is 274 g/mol. The number of aryl methyl sites for hydroxylation is 1. The molecule has 1 aromatic carbocycles. The van der Waals surface area contributed by atoms with Crippen molar-refractivity contribution in [3.63, 3.8) is 0 Å². The maximum Gasteiger partial charge on any atom is 0.250 e. The van der Waals surface area contributed by atoms with Crippen molar-refractivity contribution < 1.29 is 4.52 Å². The molecule has 106 valence electrons. The molecule has 1 aromatic heterocycles. The number of hydrogen-bond donors (Lipinski definition) is 1. The molecule has 3 rings (SSSR count). The van der Waals surface area contributed by atoms with Crippen molar-refractivity contribution in [1.82, 2.24) is 10.1 Å². The summed E-state index contributed by atoms with van der Waals surface area (Å²) in [6.45, 7) is 2.07. The number of hydrogen-bond acceptors (Lipinski definition) is 4. The lowest BCUT2D eigenvalue weighted by molar-refractivity contribution is 0.229. The third-order valence-corrected chi connectivity index (χ3v) is 3.59. The minimum atomic E-state index is -0.362. The largest absolute Gasteiger partial charge is 0.335 e. The number of benzene rings is 1. The molecule has 5 heteroatoms. The molecule has 1 aliphatic carbocycles. The Kier molecular flexibility index (Phi) is 4.26. The van der Waals surface area contributed by atoms with Crippen LogP contribution in [0.25, 0.3) is 12.2 Å². The quantitative estimate of drug-likeness (QED) is 0.942. The number of rotatable bonds is 3. The third-order valence-electron chi connectivity index (χ3n) is 3.59. The zero-order chi connectivity index (χ0) is 13.3. The Bertz CT molecular complexity index is 617. The van der Waals surface area contributed by atoms with Gasteiger partial charge in [-0.25, -0.2) is 0 Å². The average Bonchev–Trinajstić information content (AvgIpc) is 2.83.